The van der Waals surface area contributed by atoms with Crippen molar-refractivity contribution in [1.82, 2.24) is 20.0 Å². The van der Waals surface area contributed by atoms with Gasteiger partial charge in [0.25, 0.3) is 11.1 Å². The highest BCUT2D eigenvalue weighted by Crippen LogP contribution is 2.43. The zero-order chi connectivity index (χ0) is 31.3. The topological polar surface area (TPSA) is 116 Å². The first-order valence-electron chi connectivity index (χ1n) is 13.4. The van der Waals surface area contributed by atoms with Crippen LogP contribution in [0.25, 0.3) is 16.5 Å². The van der Waals surface area contributed by atoms with Crippen molar-refractivity contribution in [2.24, 2.45) is 0 Å². The second-order valence-electron chi connectivity index (χ2n) is 11.3. The number of allylic oxidation sites excluding steroid dienone is 1. The molecule has 43 heavy (non-hydrogen) atoms. The number of carbonyl (C=O) groups is 3. The Balaban J connectivity index is 1.51. The Kier molecular flexibility index (Phi) is 8.27. The molecule has 9 nitrogen and oxygen atoms in total. The third-order valence-electron chi connectivity index (χ3n) is 7.14. The summed E-state index contributed by atoms with van der Waals surface area (Å²) in [5, 5.41) is 17.6. The van der Waals surface area contributed by atoms with Crippen LogP contribution in [0.15, 0.2) is 47.5 Å². The zero-order valence-electron chi connectivity index (χ0n) is 23.4. The van der Waals surface area contributed by atoms with Crippen LogP contribution in [0, 0.1) is 0 Å². The number of ether oxygens (including phenoxy) is 1. The van der Waals surface area contributed by atoms with Crippen molar-refractivity contribution in [3.63, 3.8) is 0 Å². The number of piperidine rings is 1. The smallest absolute Gasteiger partial charge is 0.416 e. The van der Waals surface area contributed by atoms with Gasteiger partial charge in [-0.25, -0.2) is 4.79 Å². The number of nitrogens with zero attached hydrogens (tertiary/aromatic N) is 3. The number of hydrogen-bond donors (Lipinski definition) is 2. The van der Waals surface area contributed by atoms with Crippen LogP contribution < -0.4 is 0 Å². The summed E-state index contributed by atoms with van der Waals surface area (Å²) in [4.78, 5) is 41.9. The Labute approximate surface area is 254 Å². The number of rotatable bonds is 4. The van der Waals surface area contributed by atoms with E-state index >= 15 is 0 Å². The predicted octanol–water partition coefficient (Wildman–Crippen LogP) is 6.25. The lowest BCUT2D eigenvalue weighted by Gasteiger charge is -2.39. The molecule has 3 aromatic rings. The Bertz CT molecular complexity index is 1630. The van der Waals surface area contributed by atoms with E-state index in [1.54, 1.807) is 45.2 Å². The van der Waals surface area contributed by atoms with Gasteiger partial charge in [0.2, 0.25) is 0 Å². The second kappa shape index (κ2) is 11.5. The van der Waals surface area contributed by atoms with Gasteiger partial charge in [0.05, 0.1) is 40.9 Å². The first-order chi connectivity index (χ1) is 20.1. The van der Waals surface area contributed by atoms with Crippen molar-refractivity contribution in [2.75, 3.05) is 13.1 Å². The summed E-state index contributed by atoms with van der Waals surface area (Å²) in [6, 6.07) is 7.48. The SMILES string of the molecule is CC(C)(C)OC(=O)N1CC[C@H](N2C(=O)S/C(=C(/Cc3ccc(Cl)cc3C(F)(F)F)c3ccc4[nH]ncc4c3)C2=O)[C@@H](O)C1. The van der Waals surface area contributed by atoms with Gasteiger partial charge < -0.3 is 14.7 Å². The highest BCUT2D eigenvalue weighted by Gasteiger charge is 2.46. The fraction of sp³-hybridized carbons (Fsp3) is 0.379. The number of thioether (sulfide) groups is 1. The maximum absolute atomic E-state index is 14.0. The third-order valence-corrected chi connectivity index (χ3v) is 8.37. The summed E-state index contributed by atoms with van der Waals surface area (Å²) >= 11 is 6.50. The number of hydrogen-bond acceptors (Lipinski definition) is 7. The number of aromatic amines is 1. The molecule has 2 atom stereocenters. The molecule has 1 aromatic heterocycles. The number of amides is 3. The fourth-order valence-corrected chi connectivity index (χ4v) is 6.33. The minimum Gasteiger partial charge on any atom is -0.444 e. The van der Waals surface area contributed by atoms with E-state index in [2.05, 4.69) is 10.2 Å². The molecule has 0 unspecified atom stereocenters. The van der Waals surface area contributed by atoms with Crippen LogP contribution in [-0.4, -0.2) is 73.2 Å². The van der Waals surface area contributed by atoms with Gasteiger partial charge in [-0.1, -0.05) is 23.7 Å². The number of carbonyl (C=O) groups excluding carboxylic acids is 3. The van der Waals surface area contributed by atoms with Gasteiger partial charge in [-0.2, -0.15) is 18.3 Å². The number of likely N-dealkylation sites (tertiary alicyclic amines) is 1. The molecule has 14 heteroatoms. The molecule has 3 heterocycles. The van der Waals surface area contributed by atoms with E-state index in [0.717, 1.165) is 11.0 Å². The summed E-state index contributed by atoms with van der Waals surface area (Å²) in [5.41, 5.74) is -0.506. The number of benzene rings is 2. The Morgan fingerprint density at radius 2 is 1.93 bits per heavy atom. The molecule has 0 radical (unpaired) electrons. The number of aliphatic hydroxyl groups is 1. The maximum atomic E-state index is 14.0. The maximum Gasteiger partial charge on any atom is 0.416 e. The number of imide groups is 1. The molecule has 228 valence electrons. The summed E-state index contributed by atoms with van der Waals surface area (Å²) in [7, 11) is 0. The van der Waals surface area contributed by atoms with Gasteiger partial charge in [0.15, 0.2) is 0 Å². The molecule has 0 spiro atoms. The largest absolute Gasteiger partial charge is 0.444 e. The predicted molar refractivity (Wildman–Crippen MR) is 155 cm³/mol. The van der Waals surface area contributed by atoms with E-state index in [0.29, 0.717) is 28.2 Å². The zero-order valence-corrected chi connectivity index (χ0v) is 24.9. The van der Waals surface area contributed by atoms with Crippen LogP contribution in [0.1, 0.15) is 43.9 Å². The second-order valence-corrected chi connectivity index (χ2v) is 12.7. The number of halogens is 4. The fourth-order valence-electron chi connectivity index (χ4n) is 5.16. The molecule has 2 aliphatic heterocycles. The molecule has 0 saturated carbocycles. The van der Waals surface area contributed by atoms with Gasteiger partial charge in [-0.05, 0) is 86.3 Å². The molecule has 2 aliphatic rings. The first-order valence-corrected chi connectivity index (χ1v) is 14.6. The minimum absolute atomic E-state index is 0.0438. The number of H-pyrrole nitrogens is 1. The van der Waals surface area contributed by atoms with E-state index in [1.165, 1.54) is 17.0 Å². The van der Waals surface area contributed by atoms with Gasteiger partial charge >= 0.3 is 12.3 Å². The summed E-state index contributed by atoms with van der Waals surface area (Å²) < 4.78 is 47.4. The average molecular weight is 637 g/mol. The Hall–Kier alpha value is -3.55. The van der Waals surface area contributed by atoms with Crippen LogP contribution in [-0.2, 0) is 22.1 Å². The molecule has 2 saturated heterocycles. The molecule has 2 aromatic carbocycles. The monoisotopic (exact) mass is 636 g/mol. The van der Waals surface area contributed by atoms with Crippen molar-refractivity contribution in [2.45, 2.75) is 57.5 Å². The minimum atomic E-state index is -4.72. The molecule has 2 fully saturated rings. The third kappa shape index (κ3) is 6.53. The van der Waals surface area contributed by atoms with Crippen LogP contribution in [0.5, 0.6) is 0 Å². The van der Waals surface area contributed by atoms with Gasteiger partial charge in [-0.15, -0.1) is 0 Å². The van der Waals surface area contributed by atoms with E-state index in [-0.39, 0.29) is 47.0 Å². The van der Waals surface area contributed by atoms with Crippen LogP contribution in [0.3, 0.4) is 0 Å². The quantitative estimate of drug-likeness (QED) is 0.325. The van der Waals surface area contributed by atoms with Crippen LogP contribution in [0.4, 0.5) is 22.8 Å². The van der Waals surface area contributed by atoms with E-state index in [1.807, 2.05) is 0 Å². The number of aromatic nitrogens is 2. The van der Waals surface area contributed by atoms with E-state index in [4.69, 9.17) is 16.3 Å². The summed E-state index contributed by atoms with van der Waals surface area (Å²) in [5.74, 6) is -0.727. The lowest BCUT2D eigenvalue weighted by molar-refractivity contribution is -0.138. The molecule has 5 rings (SSSR count). The first kappa shape index (κ1) is 30.9. The highest BCUT2D eigenvalue weighted by atomic mass is 35.5. The molecule has 0 aliphatic carbocycles. The number of fused-ring (bicyclic) bond motifs is 1. The van der Waals surface area contributed by atoms with Crippen molar-refractivity contribution >= 4 is 57.1 Å². The summed E-state index contributed by atoms with van der Waals surface area (Å²) in [6.07, 6.45) is -5.29. The number of β-amino-alcohol motifs (C(OH)–C–C–N with tert-alkyl or cyclic N) is 1. The highest BCUT2D eigenvalue weighted by molar-refractivity contribution is 8.18. The molecular formula is C29H28ClF3N4O5S. The van der Waals surface area contributed by atoms with E-state index < -0.39 is 46.7 Å². The molecule has 2 N–H and O–H groups in total. The standard InChI is InChI=1S/C29H28ClF3N4O5S/c1-28(2,3)42-26(40)36-9-8-22(23(38)14-36)37-25(39)24(43-27(37)41)19(15-5-7-21-17(10-15)13-34-35-21)11-16-4-6-18(30)12-20(16)29(31,32)33/h4-7,10,12-13,22-23,38H,8-9,11,14H2,1-3H3,(H,34,35)/b24-19-/t22-,23-/m0/s1. The van der Waals surface area contributed by atoms with Crippen LogP contribution >= 0.6 is 23.4 Å². The van der Waals surface area contributed by atoms with Crippen molar-refractivity contribution in [3.05, 3.63) is 69.2 Å². The van der Waals surface area contributed by atoms with E-state index in [9.17, 15) is 32.7 Å². The van der Waals surface area contributed by atoms with Crippen molar-refractivity contribution in [1.29, 1.82) is 0 Å². The number of alkyl halides is 3. The van der Waals surface area contributed by atoms with Crippen molar-refractivity contribution in [3.8, 4) is 0 Å². The lowest BCUT2D eigenvalue weighted by atomic mass is 9.93. The number of nitrogens with one attached hydrogen (secondary N) is 1. The van der Waals surface area contributed by atoms with Gasteiger partial charge in [0, 0.05) is 17.0 Å². The van der Waals surface area contributed by atoms with Crippen LogP contribution in [0.2, 0.25) is 5.02 Å². The molecular weight excluding hydrogens is 609 g/mol. The van der Waals surface area contributed by atoms with Crippen molar-refractivity contribution < 1.29 is 37.4 Å². The lowest BCUT2D eigenvalue weighted by Crippen LogP contribution is -2.57. The van der Waals surface area contributed by atoms with Gasteiger partial charge in [0.1, 0.15) is 5.60 Å². The summed E-state index contributed by atoms with van der Waals surface area (Å²) in [6.45, 7) is 5.10. The van der Waals surface area contributed by atoms with Gasteiger partial charge in [-0.3, -0.25) is 19.6 Å². The Morgan fingerprint density at radius 3 is 2.60 bits per heavy atom. The normalized spacial score (nSPS) is 21.1. The molecule has 0 bridgehead atoms. The number of aliphatic hydroxyl groups excluding tert-OH is 1. The molecule has 3 amide bonds. The average Bonchev–Trinajstić information content (AvgIpc) is 3.49. The Morgan fingerprint density at radius 1 is 1.19 bits per heavy atom.